The minimum absolute atomic E-state index is 0.0168. The summed E-state index contributed by atoms with van der Waals surface area (Å²) in [4.78, 5) is 26.8. The van der Waals surface area contributed by atoms with Gasteiger partial charge >= 0.3 is 0 Å². The molecule has 3 rings (SSSR count). The number of nitrogens with zero attached hydrogens (tertiary/aromatic N) is 2. The van der Waals surface area contributed by atoms with Crippen LogP contribution in [0.2, 0.25) is 0 Å². The van der Waals surface area contributed by atoms with Gasteiger partial charge < -0.3 is 9.47 Å². The van der Waals surface area contributed by atoms with Crippen LogP contribution in [0.15, 0.2) is 53.5 Å². The summed E-state index contributed by atoms with van der Waals surface area (Å²) >= 11 is 0. The van der Waals surface area contributed by atoms with E-state index < -0.39 is 0 Å². The van der Waals surface area contributed by atoms with Gasteiger partial charge in [0.05, 0.1) is 0 Å². The second kappa shape index (κ2) is 5.69. The van der Waals surface area contributed by atoms with Gasteiger partial charge in [0.25, 0.3) is 11.5 Å². The fourth-order valence-electron chi connectivity index (χ4n) is 3.46. The Labute approximate surface area is 136 Å². The highest BCUT2D eigenvalue weighted by atomic mass is 16.2. The number of benzene rings is 1. The predicted molar refractivity (Wildman–Crippen MR) is 90.6 cm³/mol. The van der Waals surface area contributed by atoms with Crippen LogP contribution in [0.1, 0.15) is 35.7 Å². The van der Waals surface area contributed by atoms with Gasteiger partial charge in [-0.05, 0) is 23.1 Å². The molecule has 1 fully saturated rings. The first-order valence-electron chi connectivity index (χ1n) is 7.90. The lowest BCUT2D eigenvalue weighted by molar-refractivity contribution is 0.0775. The van der Waals surface area contributed by atoms with Gasteiger partial charge in [-0.15, -0.1) is 0 Å². The third-order valence-corrected chi connectivity index (χ3v) is 4.79. The lowest BCUT2D eigenvalue weighted by atomic mass is 9.78. The summed E-state index contributed by atoms with van der Waals surface area (Å²) in [6, 6.07) is 13.6. The molecule has 120 valence electrons. The summed E-state index contributed by atoms with van der Waals surface area (Å²) in [6.07, 6.45) is 1.67. The Kier molecular flexibility index (Phi) is 3.84. The minimum atomic E-state index is -0.238. The summed E-state index contributed by atoms with van der Waals surface area (Å²) < 4.78 is 1.45. The number of pyridine rings is 1. The van der Waals surface area contributed by atoms with E-state index in [-0.39, 0.29) is 28.4 Å². The molecule has 0 radical (unpaired) electrons. The molecule has 0 saturated carbocycles. The van der Waals surface area contributed by atoms with Gasteiger partial charge in [0.15, 0.2) is 0 Å². The van der Waals surface area contributed by atoms with Gasteiger partial charge in [-0.2, -0.15) is 0 Å². The number of likely N-dealkylation sites (tertiary alicyclic amines) is 1. The number of hydrogen-bond acceptors (Lipinski definition) is 2. The molecular formula is C19H22N2O2. The summed E-state index contributed by atoms with van der Waals surface area (Å²) in [5, 5.41) is 0. The highest BCUT2D eigenvalue weighted by Crippen LogP contribution is 2.42. The van der Waals surface area contributed by atoms with E-state index >= 15 is 0 Å². The molecule has 2 aromatic rings. The zero-order chi connectivity index (χ0) is 16.6. The minimum Gasteiger partial charge on any atom is -0.337 e. The van der Waals surface area contributed by atoms with Crippen LogP contribution in [0.25, 0.3) is 0 Å². The zero-order valence-electron chi connectivity index (χ0n) is 13.8. The highest BCUT2D eigenvalue weighted by Gasteiger charge is 2.42. The Balaban J connectivity index is 1.90. The Hall–Kier alpha value is -2.36. The van der Waals surface area contributed by atoms with Crippen LogP contribution in [-0.2, 0) is 7.05 Å². The Bertz CT molecular complexity index is 777. The van der Waals surface area contributed by atoms with Gasteiger partial charge in [-0.1, -0.05) is 44.2 Å². The number of carbonyl (C=O) groups excluding carboxylic acids is 1. The van der Waals surface area contributed by atoms with E-state index in [4.69, 9.17) is 0 Å². The summed E-state index contributed by atoms with van der Waals surface area (Å²) in [7, 11) is 1.67. The smallest absolute Gasteiger partial charge is 0.263 e. The normalized spacial score (nSPS) is 19.8. The average molecular weight is 310 g/mol. The number of aromatic nitrogens is 1. The molecule has 1 amide bonds. The molecule has 1 aromatic carbocycles. The Morgan fingerprint density at radius 3 is 2.52 bits per heavy atom. The molecule has 0 bridgehead atoms. The van der Waals surface area contributed by atoms with E-state index in [1.807, 2.05) is 23.1 Å². The van der Waals surface area contributed by atoms with E-state index in [2.05, 4.69) is 26.0 Å². The largest absolute Gasteiger partial charge is 0.337 e. The van der Waals surface area contributed by atoms with Crippen LogP contribution in [0.5, 0.6) is 0 Å². The fourth-order valence-corrected chi connectivity index (χ4v) is 3.46. The van der Waals surface area contributed by atoms with Gasteiger partial charge in [-0.25, -0.2) is 0 Å². The molecule has 1 saturated heterocycles. The van der Waals surface area contributed by atoms with E-state index in [9.17, 15) is 9.59 Å². The summed E-state index contributed by atoms with van der Waals surface area (Å²) in [5.74, 6) is 0.109. The van der Waals surface area contributed by atoms with Crippen molar-refractivity contribution in [2.75, 3.05) is 13.1 Å². The third-order valence-electron chi connectivity index (χ3n) is 4.79. The Morgan fingerprint density at radius 1 is 1.13 bits per heavy atom. The summed E-state index contributed by atoms with van der Waals surface area (Å²) in [5.41, 5.74) is 1.24. The van der Waals surface area contributed by atoms with Crippen LogP contribution in [-0.4, -0.2) is 28.5 Å². The molecule has 4 nitrogen and oxygen atoms in total. The van der Waals surface area contributed by atoms with Crippen molar-refractivity contribution in [3.63, 3.8) is 0 Å². The molecule has 1 aliphatic heterocycles. The maximum Gasteiger partial charge on any atom is 0.263 e. The standard InChI is InChI=1S/C19H22N2O2/c1-19(2)13-21(12-16(19)14-8-5-4-6-9-14)18(23)15-10-7-11-20(3)17(15)22/h4-11,16H,12-13H2,1-3H3. The van der Waals surface area contributed by atoms with E-state index in [0.717, 1.165) is 0 Å². The van der Waals surface area contributed by atoms with Gasteiger partial charge in [0, 0.05) is 32.3 Å². The number of hydrogen-bond donors (Lipinski definition) is 0. The maximum atomic E-state index is 12.8. The van der Waals surface area contributed by atoms with Crippen molar-refractivity contribution in [1.82, 2.24) is 9.47 Å². The monoisotopic (exact) mass is 310 g/mol. The van der Waals surface area contributed by atoms with Gasteiger partial charge in [0.2, 0.25) is 0 Å². The molecule has 23 heavy (non-hydrogen) atoms. The van der Waals surface area contributed by atoms with Crippen LogP contribution in [0.3, 0.4) is 0 Å². The van der Waals surface area contributed by atoms with E-state index in [1.165, 1.54) is 10.1 Å². The molecule has 1 aromatic heterocycles. The van der Waals surface area contributed by atoms with Crippen molar-refractivity contribution >= 4 is 5.91 Å². The van der Waals surface area contributed by atoms with Crippen molar-refractivity contribution < 1.29 is 4.79 Å². The molecule has 1 unspecified atom stereocenters. The SMILES string of the molecule is Cn1cccc(C(=O)N2CC(c3ccccc3)C(C)(C)C2)c1=O. The predicted octanol–water partition coefficient (Wildman–Crippen LogP) is 2.65. The molecule has 0 N–H and O–H groups in total. The van der Waals surface area contributed by atoms with Crippen LogP contribution >= 0.6 is 0 Å². The average Bonchev–Trinajstić information content (AvgIpc) is 2.86. The first kappa shape index (κ1) is 15.5. The van der Waals surface area contributed by atoms with Crippen LogP contribution < -0.4 is 5.56 Å². The lowest BCUT2D eigenvalue weighted by Gasteiger charge is -2.25. The molecule has 2 heterocycles. The fraction of sp³-hybridized carbons (Fsp3) is 0.368. The topological polar surface area (TPSA) is 42.3 Å². The van der Waals surface area contributed by atoms with Crippen molar-refractivity contribution in [2.24, 2.45) is 12.5 Å². The lowest BCUT2D eigenvalue weighted by Crippen LogP contribution is -2.35. The molecule has 0 aliphatic carbocycles. The van der Waals surface area contributed by atoms with Gasteiger partial charge in [-0.3, -0.25) is 9.59 Å². The van der Waals surface area contributed by atoms with E-state index in [0.29, 0.717) is 13.1 Å². The van der Waals surface area contributed by atoms with Gasteiger partial charge in [0.1, 0.15) is 5.56 Å². The van der Waals surface area contributed by atoms with Crippen molar-refractivity contribution in [1.29, 1.82) is 0 Å². The van der Waals surface area contributed by atoms with Crippen molar-refractivity contribution in [3.05, 3.63) is 70.1 Å². The second-order valence-corrected chi connectivity index (χ2v) is 6.98. The van der Waals surface area contributed by atoms with Crippen LogP contribution in [0, 0.1) is 5.41 Å². The quantitative estimate of drug-likeness (QED) is 0.856. The number of rotatable bonds is 2. The molecule has 1 aliphatic rings. The molecular weight excluding hydrogens is 288 g/mol. The van der Waals surface area contributed by atoms with E-state index in [1.54, 1.807) is 25.4 Å². The van der Waals surface area contributed by atoms with Crippen molar-refractivity contribution in [3.8, 4) is 0 Å². The second-order valence-electron chi connectivity index (χ2n) is 6.98. The number of carbonyl (C=O) groups is 1. The van der Waals surface area contributed by atoms with Crippen molar-refractivity contribution in [2.45, 2.75) is 19.8 Å². The Morgan fingerprint density at radius 2 is 1.83 bits per heavy atom. The zero-order valence-corrected chi connectivity index (χ0v) is 13.8. The molecule has 1 atom stereocenters. The third kappa shape index (κ3) is 2.81. The molecule has 4 heteroatoms. The number of aryl methyl sites for hydroxylation is 1. The molecule has 0 spiro atoms. The summed E-state index contributed by atoms with van der Waals surface area (Å²) in [6.45, 7) is 5.67. The maximum absolute atomic E-state index is 12.8. The first-order chi connectivity index (χ1) is 10.9. The number of amides is 1. The van der Waals surface area contributed by atoms with Crippen LogP contribution in [0.4, 0.5) is 0 Å². The highest BCUT2D eigenvalue weighted by molar-refractivity contribution is 5.94. The first-order valence-corrected chi connectivity index (χ1v) is 7.90.